The van der Waals surface area contributed by atoms with Crippen LogP contribution in [0, 0.1) is 0 Å². The minimum Gasteiger partial charge on any atom is -0.481 e. The fourth-order valence-electron chi connectivity index (χ4n) is 1.12. The molecule has 0 radical (unpaired) electrons. The molecule has 0 bridgehead atoms. The molecule has 2 nitrogen and oxygen atoms in total. The van der Waals surface area contributed by atoms with Crippen LogP contribution < -0.4 is 0 Å². The molecule has 1 atom stereocenters. The number of thiol groups is 1. The van der Waals surface area contributed by atoms with Gasteiger partial charge in [-0.3, -0.25) is 4.79 Å². The Morgan fingerprint density at radius 1 is 1.50 bits per heavy atom. The summed E-state index contributed by atoms with van der Waals surface area (Å²) in [5.74, 6) is -0.691. The van der Waals surface area contributed by atoms with E-state index in [1.54, 1.807) is 0 Å². The zero-order valence-electron chi connectivity index (χ0n) is 7.10. The summed E-state index contributed by atoms with van der Waals surface area (Å²) in [5.41, 5.74) is 0. The van der Waals surface area contributed by atoms with Gasteiger partial charge < -0.3 is 5.11 Å². The van der Waals surface area contributed by atoms with E-state index in [2.05, 4.69) is 17.7 Å². The second-order valence-electron chi connectivity index (χ2n) is 2.91. The molecule has 68 valence electrons. The smallest absolute Gasteiger partial charge is 0.303 e. The van der Waals surface area contributed by atoms with Crippen molar-refractivity contribution < 1.29 is 9.90 Å². The quantitative estimate of drug-likeness (QED) is 0.661. The molecule has 1 heterocycles. The highest BCUT2D eigenvalue weighted by Crippen LogP contribution is 2.39. The third kappa shape index (κ3) is 2.74. The number of carboxylic acids is 1. The van der Waals surface area contributed by atoms with Gasteiger partial charge in [0, 0.05) is 6.42 Å². The number of aliphatic carboxylic acids is 1. The Morgan fingerprint density at radius 2 is 2.08 bits per heavy atom. The maximum absolute atomic E-state index is 10.3. The van der Waals surface area contributed by atoms with E-state index in [1.165, 1.54) is 0 Å². The van der Waals surface area contributed by atoms with Crippen molar-refractivity contribution in [3.63, 3.8) is 0 Å². The highest BCUT2D eigenvalue weighted by atomic mass is 32.2. The van der Waals surface area contributed by atoms with Gasteiger partial charge >= 0.3 is 5.97 Å². The van der Waals surface area contributed by atoms with Gasteiger partial charge in [-0.1, -0.05) is 19.1 Å². The van der Waals surface area contributed by atoms with E-state index < -0.39 is 5.97 Å². The second-order valence-corrected chi connectivity index (χ2v) is 5.28. The fraction of sp³-hybridized carbons (Fsp3) is 0.444. The molecule has 0 saturated carbocycles. The van der Waals surface area contributed by atoms with Crippen LogP contribution in [0.2, 0.25) is 0 Å². The van der Waals surface area contributed by atoms with Crippen molar-refractivity contribution >= 4 is 16.9 Å². The van der Waals surface area contributed by atoms with E-state index in [1.807, 2.05) is 12.2 Å². The first-order valence-corrected chi connectivity index (χ1v) is 5.59. The maximum Gasteiger partial charge on any atom is 0.303 e. The molecular weight excluding hydrogens is 172 g/mol. The van der Waals surface area contributed by atoms with Crippen LogP contribution in [0.3, 0.4) is 0 Å². The molecule has 0 aliphatic carbocycles. The van der Waals surface area contributed by atoms with E-state index in [0.29, 0.717) is 11.7 Å². The molecule has 1 N–H and O–H groups in total. The van der Waals surface area contributed by atoms with Gasteiger partial charge in [0.05, 0.1) is 0 Å². The highest BCUT2D eigenvalue weighted by molar-refractivity contribution is 8.22. The minimum absolute atomic E-state index is 0.161. The first kappa shape index (κ1) is 9.39. The lowest BCUT2D eigenvalue weighted by Gasteiger charge is -2.18. The molecule has 1 aliphatic heterocycles. The lowest BCUT2D eigenvalue weighted by molar-refractivity contribution is -0.137. The van der Waals surface area contributed by atoms with Crippen molar-refractivity contribution in [1.29, 1.82) is 0 Å². The second kappa shape index (κ2) is 4.36. The lowest BCUT2D eigenvalue weighted by atomic mass is 10.2. The molecule has 3 heteroatoms. The van der Waals surface area contributed by atoms with Crippen molar-refractivity contribution in [3.05, 3.63) is 23.0 Å². The molecular formula is C9H14O2S. The largest absolute Gasteiger partial charge is 0.481 e. The van der Waals surface area contributed by atoms with Crippen LogP contribution in [0.5, 0.6) is 0 Å². The predicted octanol–water partition coefficient (Wildman–Crippen LogP) is 2.28. The molecule has 0 aromatic heterocycles. The van der Waals surface area contributed by atoms with Gasteiger partial charge in [0.15, 0.2) is 0 Å². The number of carbonyl (C=O) groups is 1. The van der Waals surface area contributed by atoms with Crippen molar-refractivity contribution in [2.75, 3.05) is 0 Å². The van der Waals surface area contributed by atoms with E-state index in [9.17, 15) is 4.79 Å². The van der Waals surface area contributed by atoms with Crippen LogP contribution in [-0.4, -0.2) is 16.3 Å². The normalized spacial score (nSPS) is 19.9. The summed E-state index contributed by atoms with van der Waals surface area (Å²) in [7, 11) is -0.161. The van der Waals surface area contributed by atoms with E-state index in [4.69, 9.17) is 5.11 Å². The molecule has 0 spiro atoms. The Morgan fingerprint density at radius 3 is 2.58 bits per heavy atom. The number of rotatable bonds is 4. The molecule has 0 saturated heterocycles. The Labute approximate surface area is 75.3 Å². The first-order valence-electron chi connectivity index (χ1n) is 4.04. The average Bonchev–Trinajstić information content (AvgIpc) is 2.51. The summed E-state index contributed by atoms with van der Waals surface area (Å²) < 4.78 is 0. The zero-order valence-corrected chi connectivity index (χ0v) is 8.00. The maximum atomic E-state index is 10.3. The van der Waals surface area contributed by atoms with Gasteiger partial charge in [-0.15, -0.1) is 0 Å². The molecule has 1 aliphatic rings. The fourth-order valence-corrected chi connectivity index (χ4v) is 2.83. The van der Waals surface area contributed by atoms with Gasteiger partial charge in [0.25, 0.3) is 0 Å². The lowest BCUT2D eigenvalue weighted by Crippen LogP contribution is -2.04. The van der Waals surface area contributed by atoms with Crippen LogP contribution in [0.25, 0.3) is 0 Å². The number of carboxylic acid groups (broad SMARTS) is 1. The Bertz CT molecular complexity index is 209. The molecule has 0 aromatic rings. The summed E-state index contributed by atoms with van der Waals surface area (Å²) in [6.07, 6.45) is 5.17. The van der Waals surface area contributed by atoms with Crippen LogP contribution in [0.1, 0.15) is 19.8 Å². The van der Waals surface area contributed by atoms with Gasteiger partial charge in [0.1, 0.15) is 0 Å². The SMILES string of the molecule is CC(CCC(=O)O)[SH]1C=CC=C1. The molecule has 1 unspecified atom stereocenters. The molecule has 0 fully saturated rings. The monoisotopic (exact) mass is 186 g/mol. The summed E-state index contributed by atoms with van der Waals surface area (Å²) in [6.45, 7) is 2.12. The van der Waals surface area contributed by atoms with Crippen molar-refractivity contribution in [1.82, 2.24) is 0 Å². The topological polar surface area (TPSA) is 37.3 Å². The van der Waals surface area contributed by atoms with Gasteiger partial charge in [-0.25, -0.2) is 10.9 Å². The molecule has 0 aromatic carbocycles. The van der Waals surface area contributed by atoms with Gasteiger partial charge in [0.2, 0.25) is 0 Å². The van der Waals surface area contributed by atoms with E-state index in [-0.39, 0.29) is 10.9 Å². The molecule has 0 amide bonds. The van der Waals surface area contributed by atoms with Crippen molar-refractivity contribution in [2.24, 2.45) is 0 Å². The predicted molar refractivity (Wildman–Crippen MR) is 53.6 cm³/mol. The van der Waals surface area contributed by atoms with Gasteiger partial charge in [-0.2, -0.15) is 0 Å². The zero-order chi connectivity index (χ0) is 8.97. The van der Waals surface area contributed by atoms with Crippen molar-refractivity contribution in [3.8, 4) is 0 Å². The van der Waals surface area contributed by atoms with Crippen LogP contribution >= 0.6 is 10.9 Å². The number of allylic oxidation sites excluding steroid dienone is 2. The summed E-state index contributed by atoms with van der Waals surface area (Å²) in [4.78, 5) is 10.3. The number of hydrogen-bond acceptors (Lipinski definition) is 1. The summed E-state index contributed by atoms with van der Waals surface area (Å²) >= 11 is 0. The summed E-state index contributed by atoms with van der Waals surface area (Å²) in [6, 6.07) is 0. The molecule has 1 rings (SSSR count). The van der Waals surface area contributed by atoms with E-state index in [0.717, 1.165) is 6.42 Å². The van der Waals surface area contributed by atoms with Crippen molar-refractivity contribution in [2.45, 2.75) is 25.0 Å². The average molecular weight is 186 g/mol. The van der Waals surface area contributed by atoms with E-state index >= 15 is 0 Å². The minimum atomic E-state index is -0.691. The molecule has 12 heavy (non-hydrogen) atoms. The Hall–Kier alpha value is -0.700. The summed E-state index contributed by atoms with van der Waals surface area (Å²) in [5, 5.41) is 13.3. The van der Waals surface area contributed by atoms with Crippen LogP contribution in [0.4, 0.5) is 0 Å². The van der Waals surface area contributed by atoms with Crippen LogP contribution in [-0.2, 0) is 4.79 Å². The van der Waals surface area contributed by atoms with Crippen LogP contribution in [0.15, 0.2) is 23.0 Å². The third-order valence-corrected chi connectivity index (χ3v) is 4.22. The third-order valence-electron chi connectivity index (χ3n) is 1.91. The van der Waals surface area contributed by atoms with Gasteiger partial charge in [-0.05, 0) is 22.5 Å². The number of hydrogen-bond donors (Lipinski definition) is 2. The highest BCUT2D eigenvalue weighted by Gasteiger charge is 2.10. The Balaban J connectivity index is 2.28. The standard InChI is InChI=1S/C9H14O2S/c1-8(4-5-9(10)11)12-6-2-3-7-12/h2-3,6-8,12H,4-5H2,1H3,(H,10,11). The first-order chi connectivity index (χ1) is 5.70. The Kier molecular flexibility index (Phi) is 3.41.